The molecule has 0 amide bonds. The fourth-order valence-corrected chi connectivity index (χ4v) is 1.44. The molecule has 18 heavy (non-hydrogen) atoms. The van der Waals surface area contributed by atoms with Crippen molar-refractivity contribution in [2.45, 2.75) is 12.8 Å². The molecule has 2 N–H and O–H groups in total. The van der Waals surface area contributed by atoms with Crippen molar-refractivity contribution in [1.29, 1.82) is 5.26 Å². The van der Waals surface area contributed by atoms with Gasteiger partial charge in [0.15, 0.2) is 0 Å². The first-order chi connectivity index (χ1) is 8.56. The van der Waals surface area contributed by atoms with E-state index in [1.807, 2.05) is 0 Å². The van der Waals surface area contributed by atoms with Gasteiger partial charge in [-0.05, 0) is 18.6 Å². The summed E-state index contributed by atoms with van der Waals surface area (Å²) in [5.74, 6) is -0.919. The Kier molecular flexibility index (Phi) is 4.63. The number of aliphatic carboxylic acids is 1. The predicted octanol–water partition coefficient (Wildman–Crippen LogP) is 1.74. The normalized spacial score (nSPS) is 9.50. The second kappa shape index (κ2) is 6.20. The maximum absolute atomic E-state index is 10.9. The molecular formula is C11H11N3O4. The third-order valence-electron chi connectivity index (χ3n) is 2.22. The lowest BCUT2D eigenvalue weighted by Gasteiger charge is -2.06. The topological polar surface area (TPSA) is 116 Å². The Labute approximate surface area is 103 Å². The third-order valence-corrected chi connectivity index (χ3v) is 2.22. The summed E-state index contributed by atoms with van der Waals surface area (Å²) in [6, 6.07) is 6.13. The van der Waals surface area contributed by atoms with Gasteiger partial charge < -0.3 is 10.4 Å². The molecule has 0 aliphatic rings. The van der Waals surface area contributed by atoms with Crippen LogP contribution in [0.25, 0.3) is 0 Å². The molecule has 0 saturated heterocycles. The number of para-hydroxylation sites is 1. The summed E-state index contributed by atoms with van der Waals surface area (Å²) in [6.07, 6.45) is 0.335. The van der Waals surface area contributed by atoms with E-state index >= 15 is 0 Å². The molecule has 0 spiro atoms. The zero-order chi connectivity index (χ0) is 13.5. The molecule has 0 atom stereocenters. The molecule has 0 unspecified atom stereocenters. The van der Waals surface area contributed by atoms with Gasteiger partial charge in [-0.1, -0.05) is 6.07 Å². The van der Waals surface area contributed by atoms with Gasteiger partial charge in [0.2, 0.25) is 0 Å². The lowest BCUT2D eigenvalue weighted by Crippen LogP contribution is -2.07. The third kappa shape index (κ3) is 3.45. The van der Waals surface area contributed by atoms with Crippen molar-refractivity contribution in [2.24, 2.45) is 0 Å². The molecule has 0 bridgehead atoms. The van der Waals surface area contributed by atoms with Crippen molar-refractivity contribution in [3.63, 3.8) is 0 Å². The van der Waals surface area contributed by atoms with Gasteiger partial charge in [-0.25, -0.2) is 0 Å². The molecule has 0 saturated carbocycles. The summed E-state index contributed by atoms with van der Waals surface area (Å²) < 4.78 is 0. The number of carboxylic acid groups (broad SMARTS) is 1. The highest BCUT2D eigenvalue weighted by Crippen LogP contribution is 2.27. The zero-order valence-electron chi connectivity index (χ0n) is 9.42. The van der Waals surface area contributed by atoms with Crippen LogP contribution in [0.3, 0.4) is 0 Å². The summed E-state index contributed by atoms with van der Waals surface area (Å²) in [4.78, 5) is 20.5. The molecular weight excluding hydrogens is 238 g/mol. The number of anilines is 1. The van der Waals surface area contributed by atoms with E-state index in [4.69, 9.17) is 10.4 Å². The minimum atomic E-state index is -0.919. The van der Waals surface area contributed by atoms with Crippen molar-refractivity contribution in [1.82, 2.24) is 0 Å². The highest BCUT2D eigenvalue weighted by atomic mass is 16.6. The molecule has 0 aromatic heterocycles. The maximum atomic E-state index is 10.9. The fourth-order valence-electron chi connectivity index (χ4n) is 1.44. The summed E-state index contributed by atoms with van der Waals surface area (Å²) in [5.41, 5.74) is -0.0806. The van der Waals surface area contributed by atoms with E-state index in [1.54, 1.807) is 6.07 Å². The number of nitro groups is 1. The molecule has 0 heterocycles. The Morgan fingerprint density at radius 2 is 2.28 bits per heavy atom. The van der Waals surface area contributed by atoms with Crippen LogP contribution in [-0.4, -0.2) is 22.5 Å². The van der Waals surface area contributed by atoms with Crippen LogP contribution in [-0.2, 0) is 4.79 Å². The smallest absolute Gasteiger partial charge is 0.309 e. The van der Waals surface area contributed by atoms with Crippen molar-refractivity contribution >= 4 is 17.3 Å². The van der Waals surface area contributed by atoms with Crippen LogP contribution >= 0.6 is 0 Å². The Morgan fingerprint density at radius 1 is 1.56 bits per heavy atom. The number of carbonyl (C=O) groups is 1. The molecule has 94 valence electrons. The zero-order valence-corrected chi connectivity index (χ0v) is 9.42. The van der Waals surface area contributed by atoms with E-state index in [0.29, 0.717) is 13.0 Å². The second-order valence-corrected chi connectivity index (χ2v) is 3.49. The molecule has 7 nitrogen and oxygen atoms in total. The van der Waals surface area contributed by atoms with E-state index in [0.717, 1.165) is 0 Å². The number of carboxylic acids is 1. The standard InChI is InChI=1S/C11H11N3O4/c12-7-8-3-1-4-9(11(8)14(17)18)13-6-2-5-10(15)16/h1,3-4,13H,2,5-6H2,(H,15,16). The molecule has 1 aromatic rings. The number of hydrogen-bond donors (Lipinski definition) is 2. The lowest BCUT2D eigenvalue weighted by molar-refractivity contribution is -0.384. The van der Waals surface area contributed by atoms with Crippen LogP contribution < -0.4 is 5.32 Å². The van der Waals surface area contributed by atoms with Gasteiger partial charge in [0.05, 0.1) is 4.92 Å². The molecule has 0 fully saturated rings. The average molecular weight is 249 g/mol. The number of nitrogens with one attached hydrogen (secondary N) is 1. The van der Waals surface area contributed by atoms with Crippen LogP contribution in [0, 0.1) is 21.4 Å². The van der Waals surface area contributed by atoms with Crippen LogP contribution in [0.5, 0.6) is 0 Å². The molecule has 0 aliphatic heterocycles. The van der Waals surface area contributed by atoms with E-state index in [1.165, 1.54) is 18.2 Å². The quantitative estimate of drug-likeness (QED) is 0.450. The average Bonchev–Trinajstić information content (AvgIpc) is 2.33. The van der Waals surface area contributed by atoms with Crippen LogP contribution in [0.2, 0.25) is 0 Å². The highest BCUT2D eigenvalue weighted by Gasteiger charge is 2.18. The minimum Gasteiger partial charge on any atom is -0.481 e. The fraction of sp³-hybridized carbons (Fsp3) is 0.273. The van der Waals surface area contributed by atoms with E-state index in [9.17, 15) is 14.9 Å². The van der Waals surface area contributed by atoms with Gasteiger partial charge in [-0.3, -0.25) is 14.9 Å². The number of benzene rings is 1. The summed E-state index contributed by atoms with van der Waals surface area (Å²) >= 11 is 0. The second-order valence-electron chi connectivity index (χ2n) is 3.49. The minimum absolute atomic E-state index is 0.0151. The highest BCUT2D eigenvalue weighted by molar-refractivity contribution is 5.69. The van der Waals surface area contributed by atoms with Crippen molar-refractivity contribution in [2.75, 3.05) is 11.9 Å². The van der Waals surface area contributed by atoms with Crippen molar-refractivity contribution < 1.29 is 14.8 Å². The van der Waals surface area contributed by atoms with Gasteiger partial charge >= 0.3 is 11.7 Å². The van der Waals surface area contributed by atoms with Gasteiger partial charge in [0.1, 0.15) is 17.3 Å². The summed E-state index contributed by atoms with van der Waals surface area (Å²) in [5, 5.41) is 30.9. The van der Waals surface area contributed by atoms with Crippen LogP contribution in [0.15, 0.2) is 18.2 Å². The van der Waals surface area contributed by atoms with Gasteiger partial charge in [-0.15, -0.1) is 0 Å². The van der Waals surface area contributed by atoms with Gasteiger partial charge in [0.25, 0.3) is 0 Å². The number of rotatable bonds is 6. The molecule has 0 aliphatic carbocycles. The van der Waals surface area contributed by atoms with Gasteiger partial charge in [-0.2, -0.15) is 5.26 Å². The molecule has 7 heteroatoms. The Morgan fingerprint density at radius 3 is 2.83 bits per heavy atom. The van der Waals surface area contributed by atoms with E-state index in [2.05, 4.69) is 5.32 Å². The Balaban J connectivity index is 2.80. The number of hydrogen-bond acceptors (Lipinski definition) is 5. The van der Waals surface area contributed by atoms with Crippen molar-refractivity contribution in [3.05, 3.63) is 33.9 Å². The monoisotopic (exact) mass is 249 g/mol. The maximum Gasteiger partial charge on any atom is 0.309 e. The number of nitro benzene ring substituents is 1. The predicted molar refractivity (Wildman–Crippen MR) is 63.2 cm³/mol. The Hall–Kier alpha value is -2.62. The first-order valence-corrected chi connectivity index (χ1v) is 5.19. The summed E-state index contributed by atoms with van der Waals surface area (Å²) in [7, 11) is 0. The molecule has 0 radical (unpaired) electrons. The molecule has 1 aromatic carbocycles. The van der Waals surface area contributed by atoms with Crippen molar-refractivity contribution in [3.8, 4) is 6.07 Å². The number of nitrogens with zero attached hydrogens (tertiary/aromatic N) is 2. The first-order valence-electron chi connectivity index (χ1n) is 5.19. The van der Waals surface area contributed by atoms with E-state index in [-0.39, 0.29) is 23.4 Å². The Bertz CT molecular complexity index is 508. The largest absolute Gasteiger partial charge is 0.481 e. The van der Waals surface area contributed by atoms with Crippen LogP contribution in [0.1, 0.15) is 18.4 Å². The van der Waals surface area contributed by atoms with Crippen LogP contribution in [0.4, 0.5) is 11.4 Å². The molecule has 1 rings (SSSR count). The SMILES string of the molecule is N#Cc1cccc(NCCCC(=O)O)c1[N+](=O)[O-]. The lowest BCUT2D eigenvalue weighted by atomic mass is 10.1. The van der Waals surface area contributed by atoms with E-state index < -0.39 is 10.9 Å². The number of nitriles is 1. The first kappa shape index (κ1) is 13.4. The van der Waals surface area contributed by atoms with Gasteiger partial charge in [0, 0.05) is 13.0 Å². The summed E-state index contributed by atoms with van der Waals surface area (Å²) in [6.45, 7) is 0.294.